The van der Waals surface area contributed by atoms with Crippen LogP contribution in [-0.4, -0.2) is 32.0 Å². The molecule has 10 heteroatoms. The molecule has 1 aliphatic rings. The number of benzene rings is 2. The predicted molar refractivity (Wildman–Crippen MR) is 115 cm³/mol. The maximum absolute atomic E-state index is 13.0. The van der Waals surface area contributed by atoms with Crippen molar-refractivity contribution >= 4 is 27.3 Å². The fourth-order valence-electron chi connectivity index (χ4n) is 3.62. The van der Waals surface area contributed by atoms with Gasteiger partial charge in [-0.2, -0.15) is 13.2 Å². The Morgan fingerprint density at radius 3 is 2.56 bits per heavy atom. The number of aromatic nitrogens is 1. The lowest BCUT2D eigenvalue weighted by atomic mass is 9.91. The number of nitrogens with one attached hydrogen (secondary N) is 2. The number of hydrogen-bond acceptors (Lipinski definition) is 5. The molecular formula is C22H18F3N3O3S. The number of carbonyl (C=O) groups excluding carboxylic acids is 1. The molecule has 1 aromatic heterocycles. The van der Waals surface area contributed by atoms with Crippen LogP contribution < -0.4 is 10.0 Å². The SMILES string of the molecule is CS(=O)(=O)Nc1cccc(-c2cnc3c(c2)C(C(=O)c2cccc(C(F)(F)F)c2)CN3)c1. The molecule has 0 saturated heterocycles. The fourth-order valence-corrected chi connectivity index (χ4v) is 4.18. The van der Waals surface area contributed by atoms with Crippen molar-refractivity contribution in [2.75, 3.05) is 22.8 Å². The van der Waals surface area contributed by atoms with Crippen LogP contribution in [0.15, 0.2) is 60.8 Å². The zero-order chi connectivity index (χ0) is 23.1. The van der Waals surface area contributed by atoms with Gasteiger partial charge >= 0.3 is 6.18 Å². The van der Waals surface area contributed by atoms with Crippen LogP contribution >= 0.6 is 0 Å². The summed E-state index contributed by atoms with van der Waals surface area (Å²) < 4.78 is 64.5. The number of sulfonamides is 1. The maximum atomic E-state index is 13.0. The summed E-state index contributed by atoms with van der Waals surface area (Å²) in [7, 11) is -3.45. The van der Waals surface area contributed by atoms with E-state index in [1.54, 1.807) is 36.5 Å². The summed E-state index contributed by atoms with van der Waals surface area (Å²) in [6.07, 6.45) is -1.91. The monoisotopic (exact) mass is 461 g/mol. The average Bonchev–Trinajstić information content (AvgIpc) is 3.15. The zero-order valence-electron chi connectivity index (χ0n) is 16.8. The van der Waals surface area contributed by atoms with Gasteiger partial charge in [0.2, 0.25) is 10.0 Å². The Hall–Kier alpha value is -3.40. The van der Waals surface area contributed by atoms with Crippen LogP contribution in [0.5, 0.6) is 0 Å². The number of hydrogen-bond donors (Lipinski definition) is 2. The predicted octanol–water partition coefficient (Wildman–Crippen LogP) is 4.53. The lowest BCUT2D eigenvalue weighted by Gasteiger charge is -2.13. The molecule has 0 amide bonds. The first-order valence-electron chi connectivity index (χ1n) is 9.55. The van der Waals surface area contributed by atoms with Gasteiger partial charge in [0.1, 0.15) is 5.82 Å². The van der Waals surface area contributed by atoms with Gasteiger partial charge in [-0.3, -0.25) is 9.52 Å². The third-order valence-electron chi connectivity index (χ3n) is 5.06. The van der Waals surface area contributed by atoms with E-state index in [4.69, 9.17) is 0 Å². The second-order valence-electron chi connectivity index (χ2n) is 7.49. The number of rotatable bonds is 5. The van der Waals surface area contributed by atoms with Gasteiger partial charge in [0, 0.05) is 35.1 Å². The van der Waals surface area contributed by atoms with Crippen LogP contribution in [0.3, 0.4) is 0 Å². The van der Waals surface area contributed by atoms with Gasteiger partial charge in [0.05, 0.1) is 17.7 Å². The molecule has 3 aromatic rings. The topological polar surface area (TPSA) is 88.2 Å². The molecule has 1 unspecified atom stereocenters. The lowest BCUT2D eigenvalue weighted by molar-refractivity contribution is -0.137. The molecule has 2 N–H and O–H groups in total. The van der Waals surface area contributed by atoms with Crippen molar-refractivity contribution in [1.82, 2.24) is 4.98 Å². The Balaban J connectivity index is 1.67. The Kier molecular flexibility index (Phi) is 5.41. The standard InChI is InChI=1S/C22H18F3N3O3S/c1-32(30,31)28-17-7-3-4-13(9-17)15-10-18-19(12-27-21(18)26-11-15)20(29)14-5-2-6-16(8-14)22(23,24)25/h2-11,19,28H,12H2,1H3,(H,26,27). The first kappa shape index (κ1) is 21.8. The number of anilines is 2. The average molecular weight is 461 g/mol. The van der Waals surface area contributed by atoms with E-state index in [2.05, 4.69) is 15.0 Å². The van der Waals surface area contributed by atoms with Crippen LogP contribution in [0.25, 0.3) is 11.1 Å². The largest absolute Gasteiger partial charge is 0.416 e. The summed E-state index contributed by atoms with van der Waals surface area (Å²) in [4.78, 5) is 17.4. The van der Waals surface area contributed by atoms with Crippen molar-refractivity contribution in [3.63, 3.8) is 0 Å². The van der Waals surface area contributed by atoms with Gasteiger partial charge in [0.15, 0.2) is 5.78 Å². The molecule has 32 heavy (non-hydrogen) atoms. The molecule has 0 bridgehead atoms. The molecule has 0 fully saturated rings. The zero-order valence-corrected chi connectivity index (χ0v) is 17.6. The molecule has 1 atom stereocenters. The number of carbonyl (C=O) groups is 1. The quantitative estimate of drug-likeness (QED) is 0.545. The first-order valence-corrected chi connectivity index (χ1v) is 11.4. The number of fused-ring (bicyclic) bond motifs is 1. The van der Waals surface area contributed by atoms with E-state index in [1.165, 1.54) is 12.1 Å². The van der Waals surface area contributed by atoms with Crippen molar-refractivity contribution in [3.8, 4) is 11.1 Å². The molecule has 4 rings (SSSR count). The summed E-state index contributed by atoms with van der Waals surface area (Å²) in [6, 6.07) is 12.8. The van der Waals surface area contributed by atoms with Gasteiger partial charge < -0.3 is 5.32 Å². The fraction of sp³-hybridized carbons (Fsp3) is 0.182. The molecule has 0 aliphatic carbocycles. The van der Waals surface area contributed by atoms with Crippen LogP contribution in [0.1, 0.15) is 27.4 Å². The second-order valence-corrected chi connectivity index (χ2v) is 9.24. The van der Waals surface area contributed by atoms with Gasteiger partial charge in [-0.1, -0.05) is 24.3 Å². The molecule has 0 radical (unpaired) electrons. The molecule has 0 spiro atoms. The minimum atomic E-state index is -4.54. The number of pyridine rings is 1. The van der Waals surface area contributed by atoms with E-state index in [0.29, 0.717) is 28.2 Å². The lowest BCUT2D eigenvalue weighted by Crippen LogP contribution is -2.16. The molecule has 2 aromatic carbocycles. The van der Waals surface area contributed by atoms with E-state index in [0.717, 1.165) is 18.4 Å². The van der Waals surface area contributed by atoms with Crippen molar-refractivity contribution in [3.05, 3.63) is 77.5 Å². The van der Waals surface area contributed by atoms with E-state index in [9.17, 15) is 26.4 Å². The molecule has 0 saturated carbocycles. The van der Waals surface area contributed by atoms with Gasteiger partial charge in [-0.25, -0.2) is 13.4 Å². The molecule has 1 aliphatic heterocycles. The third-order valence-corrected chi connectivity index (χ3v) is 5.66. The molecule has 6 nitrogen and oxygen atoms in total. The number of ketones is 1. The summed E-state index contributed by atoms with van der Waals surface area (Å²) in [5.74, 6) is -0.642. The first-order chi connectivity index (χ1) is 15.0. The summed E-state index contributed by atoms with van der Waals surface area (Å²) in [5.41, 5.74) is 1.37. The summed E-state index contributed by atoms with van der Waals surface area (Å²) >= 11 is 0. The molecular weight excluding hydrogens is 443 g/mol. The highest BCUT2D eigenvalue weighted by Gasteiger charge is 2.34. The molecule has 2 heterocycles. The third kappa shape index (κ3) is 4.59. The number of alkyl halides is 3. The summed E-state index contributed by atoms with van der Waals surface area (Å²) in [5, 5.41) is 3.02. The Morgan fingerprint density at radius 1 is 1.09 bits per heavy atom. The van der Waals surface area contributed by atoms with Crippen molar-refractivity contribution in [1.29, 1.82) is 0 Å². The Morgan fingerprint density at radius 2 is 1.84 bits per heavy atom. The van der Waals surface area contributed by atoms with Crippen LogP contribution in [-0.2, 0) is 16.2 Å². The van der Waals surface area contributed by atoms with Crippen molar-refractivity contribution in [2.24, 2.45) is 0 Å². The van der Waals surface area contributed by atoms with Gasteiger partial charge in [-0.05, 0) is 35.9 Å². The minimum absolute atomic E-state index is 0.0239. The normalized spacial score (nSPS) is 15.7. The highest BCUT2D eigenvalue weighted by molar-refractivity contribution is 7.92. The maximum Gasteiger partial charge on any atom is 0.416 e. The number of halogens is 3. The number of nitrogens with zero attached hydrogens (tertiary/aromatic N) is 1. The van der Waals surface area contributed by atoms with Gasteiger partial charge in [-0.15, -0.1) is 0 Å². The van der Waals surface area contributed by atoms with Gasteiger partial charge in [0.25, 0.3) is 0 Å². The number of Topliss-reactive ketones (excluding diaryl/α,β-unsaturated/α-hetero) is 1. The molecule has 166 valence electrons. The van der Waals surface area contributed by atoms with Crippen molar-refractivity contribution in [2.45, 2.75) is 12.1 Å². The highest BCUT2D eigenvalue weighted by Crippen LogP contribution is 2.36. The van der Waals surface area contributed by atoms with E-state index >= 15 is 0 Å². The highest BCUT2D eigenvalue weighted by atomic mass is 32.2. The second kappa shape index (κ2) is 7.94. The Labute approximate surface area is 182 Å². The van der Waals surface area contributed by atoms with Crippen LogP contribution in [0.4, 0.5) is 24.7 Å². The van der Waals surface area contributed by atoms with Crippen molar-refractivity contribution < 1.29 is 26.4 Å². The minimum Gasteiger partial charge on any atom is -0.369 e. The Bertz CT molecular complexity index is 1310. The van der Waals surface area contributed by atoms with E-state index < -0.39 is 33.5 Å². The van der Waals surface area contributed by atoms with Crippen LogP contribution in [0, 0.1) is 0 Å². The van der Waals surface area contributed by atoms with E-state index in [-0.39, 0.29) is 12.1 Å². The van der Waals surface area contributed by atoms with Crippen LogP contribution in [0.2, 0.25) is 0 Å². The summed E-state index contributed by atoms with van der Waals surface area (Å²) in [6.45, 7) is 0.219. The smallest absolute Gasteiger partial charge is 0.369 e. The van der Waals surface area contributed by atoms with E-state index in [1.807, 2.05) is 0 Å².